The molecular weight excluding hydrogens is 311 g/mol. The summed E-state index contributed by atoms with van der Waals surface area (Å²) in [5.74, 6) is 0.0142. The van der Waals surface area contributed by atoms with Gasteiger partial charge < -0.3 is 15.3 Å². The maximum Gasteiger partial charge on any atom is 0.317 e. The Kier molecular flexibility index (Phi) is 7.29. The van der Waals surface area contributed by atoms with E-state index in [0.717, 1.165) is 5.56 Å². The monoisotopic (exact) mass is 332 g/mol. The van der Waals surface area contributed by atoms with Crippen LogP contribution in [0.2, 0.25) is 10.0 Å². The van der Waals surface area contributed by atoms with Crippen molar-refractivity contribution in [1.82, 2.24) is 10.2 Å². The number of carbonyl (C=O) groups excluding carboxylic acids is 1. The highest BCUT2D eigenvalue weighted by Crippen LogP contribution is 2.30. The number of hydrogen-bond donors (Lipinski definition) is 2. The van der Waals surface area contributed by atoms with Crippen molar-refractivity contribution in [1.29, 1.82) is 0 Å². The van der Waals surface area contributed by atoms with Gasteiger partial charge in [0.15, 0.2) is 0 Å². The van der Waals surface area contributed by atoms with Gasteiger partial charge in [-0.2, -0.15) is 0 Å². The molecule has 0 aromatic heterocycles. The van der Waals surface area contributed by atoms with Crippen LogP contribution in [0.15, 0.2) is 18.2 Å². The van der Waals surface area contributed by atoms with Gasteiger partial charge in [0.05, 0.1) is 6.10 Å². The summed E-state index contributed by atoms with van der Waals surface area (Å²) in [5.41, 5.74) is 0.841. The van der Waals surface area contributed by atoms with Crippen molar-refractivity contribution in [2.75, 3.05) is 20.1 Å². The molecule has 2 unspecified atom stereocenters. The maximum atomic E-state index is 11.9. The van der Waals surface area contributed by atoms with Crippen molar-refractivity contribution >= 4 is 29.2 Å². The number of aliphatic hydroxyl groups is 1. The molecule has 0 saturated carbocycles. The highest BCUT2D eigenvalue weighted by molar-refractivity contribution is 6.36. The summed E-state index contributed by atoms with van der Waals surface area (Å²) in [7, 11) is 1.70. The summed E-state index contributed by atoms with van der Waals surface area (Å²) in [5, 5.41) is 13.3. The number of aliphatic hydroxyl groups excluding tert-OH is 1. The number of amides is 2. The van der Waals surface area contributed by atoms with E-state index in [0.29, 0.717) is 29.6 Å². The second kappa shape index (κ2) is 8.47. The van der Waals surface area contributed by atoms with Crippen LogP contribution in [0.1, 0.15) is 31.7 Å². The number of carbonyl (C=O) groups is 1. The highest BCUT2D eigenvalue weighted by Gasteiger charge is 2.16. The quantitative estimate of drug-likeness (QED) is 0.837. The molecule has 21 heavy (non-hydrogen) atoms. The molecule has 0 aliphatic heterocycles. The number of benzene rings is 1. The second-order valence-corrected chi connectivity index (χ2v) is 6.10. The molecule has 4 nitrogen and oxygen atoms in total. The van der Waals surface area contributed by atoms with E-state index in [4.69, 9.17) is 23.2 Å². The molecule has 0 aliphatic rings. The third kappa shape index (κ3) is 5.73. The molecule has 0 heterocycles. The Morgan fingerprint density at radius 2 is 1.90 bits per heavy atom. The van der Waals surface area contributed by atoms with E-state index in [1.165, 1.54) is 0 Å². The number of nitrogens with one attached hydrogen (secondary N) is 1. The van der Waals surface area contributed by atoms with Gasteiger partial charge in [0.1, 0.15) is 0 Å². The van der Waals surface area contributed by atoms with Crippen molar-refractivity contribution in [2.45, 2.75) is 32.3 Å². The van der Waals surface area contributed by atoms with Crippen molar-refractivity contribution in [3.8, 4) is 0 Å². The topological polar surface area (TPSA) is 52.6 Å². The minimum absolute atomic E-state index is 0.0142. The first kappa shape index (κ1) is 18.1. The number of rotatable bonds is 6. The standard InChI is InChI=1S/C15H22Cl2N2O2/c1-10(14-12(16)5-4-6-13(14)17)9-18-15(21)19(3)8-7-11(2)20/h4-6,10-11,20H,7-9H2,1-3H3,(H,18,21). The summed E-state index contributed by atoms with van der Waals surface area (Å²) in [6, 6.07) is 5.19. The van der Waals surface area contributed by atoms with Gasteiger partial charge >= 0.3 is 6.03 Å². The molecule has 0 spiro atoms. The smallest absolute Gasteiger partial charge is 0.317 e. The van der Waals surface area contributed by atoms with E-state index in [2.05, 4.69) is 5.32 Å². The van der Waals surface area contributed by atoms with E-state index in [-0.39, 0.29) is 11.9 Å². The minimum Gasteiger partial charge on any atom is -0.393 e. The van der Waals surface area contributed by atoms with Crippen LogP contribution in [-0.2, 0) is 0 Å². The van der Waals surface area contributed by atoms with Gasteiger partial charge in [-0.25, -0.2) is 4.79 Å². The first-order chi connectivity index (χ1) is 9.82. The number of urea groups is 1. The van der Waals surface area contributed by atoms with E-state index in [1.807, 2.05) is 6.92 Å². The van der Waals surface area contributed by atoms with Crippen LogP contribution in [0.3, 0.4) is 0 Å². The third-order valence-electron chi connectivity index (χ3n) is 3.28. The van der Waals surface area contributed by atoms with E-state index in [1.54, 1.807) is 37.1 Å². The molecular formula is C15H22Cl2N2O2. The normalized spacial score (nSPS) is 13.6. The number of halogens is 2. The maximum absolute atomic E-state index is 11.9. The first-order valence-corrected chi connectivity index (χ1v) is 7.69. The zero-order chi connectivity index (χ0) is 16.0. The number of hydrogen-bond acceptors (Lipinski definition) is 2. The molecule has 118 valence electrons. The van der Waals surface area contributed by atoms with Crippen LogP contribution >= 0.6 is 23.2 Å². The van der Waals surface area contributed by atoms with Crippen molar-refractivity contribution in [3.63, 3.8) is 0 Å². The number of nitrogens with zero attached hydrogens (tertiary/aromatic N) is 1. The van der Waals surface area contributed by atoms with Crippen molar-refractivity contribution < 1.29 is 9.90 Å². The Hall–Kier alpha value is -0.970. The van der Waals surface area contributed by atoms with Gasteiger partial charge in [-0.1, -0.05) is 36.2 Å². The average molecular weight is 333 g/mol. The lowest BCUT2D eigenvalue weighted by Crippen LogP contribution is -2.40. The van der Waals surface area contributed by atoms with Gasteiger partial charge in [0.2, 0.25) is 0 Å². The van der Waals surface area contributed by atoms with Crippen LogP contribution in [0.4, 0.5) is 4.79 Å². The Morgan fingerprint density at radius 1 is 1.33 bits per heavy atom. The summed E-state index contributed by atoms with van der Waals surface area (Å²) in [4.78, 5) is 13.5. The Bertz CT molecular complexity index is 460. The molecule has 6 heteroatoms. The third-order valence-corrected chi connectivity index (χ3v) is 3.94. The lowest BCUT2D eigenvalue weighted by molar-refractivity contribution is 0.163. The Morgan fingerprint density at radius 3 is 2.43 bits per heavy atom. The van der Waals surface area contributed by atoms with Crippen molar-refractivity contribution in [3.05, 3.63) is 33.8 Å². The fourth-order valence-electron chi connectivity index (χ4n) is 1.94. The van der Waals surface area contributed by atoms with Crippen LogP contribution in [-0.4, -0.2) is 42.3 Å². The van der Waals surface area contributed by atoms with Gasteiger partial charge in [-0.05, 0) is 31.0 Å². The highest BCUT2D eigenvalue weighted by atomic mass is 35.5. The molecule has 0 saturated heterocycles. The van der Waals surface area contributed by atoms with Crippen LogP contribution in [0.5, 0.6) is 0 Å². The van der Waals surface area contributed by atoms with E-state index < -0.39 is 6.10 Å². The molecule has 2 atom stereocenters. The molecule has 1 aromatic rings. The van der Waals surface area contributed by atoms with Crippen LogP contribution in [0, 0.1) is 0 Å². The average Bonchev–Trinajstić information content (AvgIpc) is 2.41. The second-order valence-electron chi connectivity index (χ2n) is 5.28. The zero-order valence-corrected chi connectivity index (χ0v) is 14.1. The van der Waals surface area contributed by atoms with Crippen LogP contribution in [0.25, 0.3) is 0 Å². The lowest BCUT2D eigenvalue weighted by atomic mass is 10.0. The van der Waals surface area contributed by atoms with E-state index in [9.17, 15) is 9.90 Å². The van der Waals surface area contributed by atoms with Gasteiger partial charge in [0.25, 0.3) is 0 Å². The van der Waals surface area contributed by atoms with Gasteiger partial charge in [0, 0.05) is 36.1 Å². The van der Waals surface area contributed by atoms with Gasteiger partial charge in [-0.3, -0.25) is 0 Å². The minimum atomic E-state index is -0.416. The summed E-state index contributed by atoms with van der Waals surface area (Å²) >= 11 is 12.3. The fourth-order valence-corrected chi connectivity index (χ4v) is 2.71. The predicted molar refractivity (Wildman–Crippen MR) is 87.2 cm³/mol. The fraction of sp³-hybridized carbons (Fsp3) is 0.533. The molecule has 0 bridgehead atoms. The van der Waals surface area contributed by atoms with Crippen LogP contribution < -0.4 is 5.32 Å². The predicted octanol–water partition coefficient (Wildman–Crippen LogP) is 3.51. The molecule has 2 amide bonds. The molecule has 1 rings (SSSR count). The summed E-state index contributed by atoms with van der Waals surface area (Å²) < 4.78 is 0. The molecule has 0 radical (unpaired) electrons. The molecule has 2 N–H and O–H groups in total. The molecule has 0 fully saturated rings. The van der Waals surface area contributed by atoms with Gasteiger partial charge in [-0.15, -0.1) is 0 Å². The SMILES string of the molecule is CC(O)CCN(C)C(=O)NCC(C)c1c(Cl)cccc1Cl. The summed E-state index contributed by atoms with van der Waals surface area (Å²) in [6.45, 7) is 4.61. The van der Waals surface area contributed by atoms with E-state index >= 15 is 0 Å². The first-order valence-electron chi connectivity index (χ1n) is 6.93. The summed E-state index contributed by atoms with van der Waals surface area (Å²) in [6.07, 6.45) is 0.136. The molecule has 1 aromatic carbocycles. The lowest BCUT2D eigenvalue weighted by Gasteiger charge is -2.21. The zero-order valence-electron chi connectivity index (χ0n) is 12.6. The largest absolute Gasteiger partial charge is 0.393 e. The van der Waals surface area contributed by atoms with Crippen molar-refractivity contribution in [2.24, 2.45) is 0 Å². The molecule has 0 aliphatic carbocycles. The Labute approximate surface area is 136 Å². The Balaban J connectivity index is 2.53.